The van der Waals surface area contributed by atoms with Gasteiger partial charge in [-0.1, -0.05) is 6.07 Å². The molecule has 1 amide bonds. The number of amides is 1. The van der Waals surface area contributed by atoms with Crippen molar-refractivity contribution >= 4 is 11.6 Å². The van der Waals surface area contributed by atoms with Crippen LogP contribution in [0.1, 0.15) is 12.5 Å². The average Bonchev–Trinajstić information content (AvgIpc) is 2.56. The highest BCUT2D eigenvalue weighted by molar-refractivity contribution is 5.91. The van der Waals surface area contributed by atoms with Gasteiger partial charge in [-0.2, -0.15) is 0 Å². The molecular formula is C18H20FNO3. The van der Waals surface area contributed by atoms with Crippen LogP contribution >= 0.6 is 0 Å². The molecule has 0 radical (unpaired) electrons. The number of carbonyl (C=O) groups excluding carboxylic acids is 1. The summed E-state index contributed by atoms with van der Waals surface area (Å²) in [4.78, 5) is 13.5. The van der Waals surface area contributed by atoms with Crippen molar-refractivity contribution < 1.29 is 18.7 Å². The Kier molecular flexibility index (Phi) is 5.57. The third-order valence-electron chi connectivity index (χ3n) is 3.59. The van der Waals surface area contributed by atoms with E-state index >= 15 is 0 Å². The van der Waals surface area contributed by atoms with E-state index in [9.17, 15) is 9.18 Å². The molecule has 122 valence electrons. The van der Waals surface area contributed by atoms with Gasteiger partial charge < -0.3 is 14.4 Å². The lowest BCUT2D eigenvalue weighted by Gasteiger charge is -2.21. The number of halogens is 1. The summed E-state index contributed by atoms with van der Waals surface area (Å²) in [5.41, 5.74) is 1.70. The van der Waals surface area contributed by atoms with Crippen molar-refractivity contribution in [3.8, 4) is 11.5 Å². The lowest BCUT2D eigenvalue weighted by molar-refractivity contribution is -0.116. The van der Waals surface area contributed by atoms with E-state index in [-0.39, 0.29) is 11.7 Å². The predicted molar refractivity (Wildman–Crippen MR) is 87.7 cm³/mol. The Morgan fingerprint density at radius 2 is 1.70 bits per heavy atom. The Balaban J connectivity index is 2.13. The summed E-state index contributed by atoms with van der Waals surface area (Å²) in [5, 5.41) is 0. The average molecular weight is 317 g/mol. The van der Waals surface area contributed by atoms with Crippen LogP contribution in [0.25, 0.3) is 0 Å². The van der Waals surface area contributed by atoms with Crippen LogP contribution in [-0.4, -0.2) is 26.7 Å². The molecule has 4 nitrogen and oxygen atoms in total. The van der Waals surface area contributed by atoms with Crippen LogP contribution in [0.4, 0.5) is 10.1 Å². The second kappa shape index (κ2) is 7.63. The van der Waals surface area contributed by atoms with Gasteiger partial charge in [0.15, 0.2) is 11.5 Å². The topological polar surface area (TPSA) is 38.8 Å². The quantitative estimate of drug-likeness (QED) is 0.819. The third kappa shape index (κ3) is 4.22. The van der Waals surface area contributed by atoms with Crippen LogP contribution in [0.2, 0.25) is 0 Å². The minimum Gasteiger partial charge on any atom is -0.493 e. The Hall–Kier alpha value is -2.56. The maximum absolute atomic E-state index is 13.0. The van der Waals surface area contributed by atoms with Crippen molar-refractivity contribution in [2.24, 2.45) is 0 Å². The second-order valence-electron chi connectivity index (χ2n) is 5.09. The molecule has 0 heterocycles. The van der Waals surface area contributed by atoms with Crippen molar-refractivity contribution in [1.29, 1.82) is 0 Å². The van der Waals surface area contributed by atoms with Crippen molar-refractivity contribution in [1.82, 2.24) is 0 Å². The van der Waals surface area contributed by atoms with Crippen LogP contribution < -0.4 is 14.4 Å². The van der Waals surface area contributed by atoms with Crippen LogP contribution in [0, 0.1) is 5.82 Å². The van der Waals surface area contributed by atoms with Gasteiger partial charge >= 0.3 is 0 Å². The van der Waals surface area contributed by atoms with Crippen molar-refractivity contribution in [2.45, 2.75) is 13.3 Å². The van der Waals surface area contributed by atoms with Crippen molar-refractivity contribution in [3.05, 3.63) is 53.8 Å². The van der Waals surface area contributed by atoms with Crippen molar-refractivity contribution in [3.63, 3.8) is 0 Å². The largest absolute Gasteiger partial charge is 0.493 e. The maximum atomic E-state index is 13.0. The number of anilines is 1. The van der Waals surface area contributed by atoms with E-state index in [2.05, 4.69) is 0 Å². The first kappa shape index (κ1) is 16.8. The molecule has 0 saturated heterocycles. The van der Waals surface area contributed by atoms with E-state index < -0.39 is 0 Å². The van der Waals surface area contributed by atoms with Gasteiger partial charge in [0.05, 0.1) is 14.2 Å². The molecule has 0 spiro atoms. The summed E-state index contributed by atoms with van der Waals surface area (Å²) in [7, 11) is 3.17. The fraction of sp³-hybridized carbons (Fsp3) is 0.278. The highest BCUT2D eigenvalue weighted by Crippen LogP contribution is 2.28. The fourth-order valence-corrected chi connectivity index (χ4v) is 2.37. The first-order chi connectivity index (χ1) is 11.0. The maximum Gasteiger partial charge on any atom is 0.223 e. The molecule has 0 saturated carbocycles. The Morgan fingerprint density at radius 3 is 2.26 bits per heavy atom. The smallest absolute Gasteiger partial charge is 0.223 e. The van der Waals surface area contributed by atoms with Gasteiger partial charge in [-0.15, -0.1) is 0 Å². The van der Waals surface area contributed by atoms with E-state index in [1.165, 1.54) is 19.1 Å². The molecule has 0 aliphatic rings. The van der Waals surface area contributed by atoms with Gasteiger partial charge in [-0.25, -0.2) is 4.39 Å². The van der Waals surface area contributed by atoms with Gasteiger partial charge in [0, 0.05) is 19.2 Å². The van der Waals surface area contributed by atoms with E-state index in [0.717, 1.165) is 5.56 Å². The van der Waals surface area contributed by atoms with E-state index in [1.54, 1.807) is 31.3 Å². The normalized spacial score (nSPS) is 10.3. The summed E-state index contributed by atoms with van der Waals surface area (Å²) < 4.78 is 23.5. The summed E-state index contributed by atoms with van der Waals surface area (Å²) >= 11 is 0. The molecule has 0 bridgehead atoms. The molecule has 0 aromatic heterocycles. The zero-order valence-electron chi connectivity index (χ0n) is 13.5. The summed E-state index contributed by atoms with van der Waals surface area (Å²) in [6.45, 7) is 1.99. The standard InChI is InChI=1S/C18H20FNO3/c1-13(21)20(16-7-5-15(19)6-8-16)11-10-14-4-9-17(22-2)18(12-14)23-3/h4-9,12H,10-11H2,1-3H3. The Morgan fingerprint density at radius 1 is 1.04 bits per heavy atom. The molecule has 0 atom stereocenters. The van der Waals surface area contributed by atoms with Gasteiger partial charge in [-0.3, -0.25) is 4.79 Å². The number of hydrogen-bond acceptors (Lipinski definition) is 3. The van der Waals surface area contributed by atoms with Crippen LogP contribution in [-0.2, 0) is 11.2 Å². The van der Waals surface area contributed by atoms with Crippen molar-refractivity contribution in [2.75, 3.05) is 25.7 Å². The Labute approximate surface area is 135 Å². The molecule has 0 aliphatic carbocycles. The zero-order chi connectivity index (χ0) is 16.8. The van der Waals surface area contributed by atoms with Gasteiger partial charge in [0.2, 0.25) is 5.91 Å². The van der Waals surface area contributed by atoms with Gasteiger partial charge in [-0.05, 0) is 48.4 Å². The number of nitrogens with zero attached hydrogens (tertiary/aromatic N) is 1. The molecule has 5 heteroatoms. The zero-order valence-corrected chi connectivity index (χ0v) is 13.5. The van der Waals surface area contributed by atoms with Gasteiger partial charge in [0.1, 0.15) is 5.82 Å². The second-order valence-corrected chi connectivity index (χ2v) is 5.09. The van der Waals surface area contributed by atoms with Crippen LogP contribution in [0.3, 0.4) is 0 Å². The number of carbonyl (C=O) groups is 1. The monoisotopic (exact) mass is 317 g/mol. The predicted octanol–water partition coefficient (Wildman–Crippen LogP) is 3.44. The number of hydrogen-bond donors (Lipinski definition) is 0. The number of methoxy groups -OCH3 is 2. The number of rotatable bonds is 6. The SMILES string of the molecule is COc1ccc(CCN(C(C)=O)c2ccc(F)cc2)cc1OC. The fourth-order valence-electron chi connectivity index (χ4n) is 2.37. The minimum absolute atomic E-state index is 0.0860. The van der Waals surface area contributed by atoms with E-state index in [0.29, 0.717) is 30.2 Å². The number of benzene rings is 2. The first-order valence-corrected chi connectivity index (χ1v) is 7.29. The van der Waals surface area contributed by atoms with Crippen LogP contribution in [0.5, 0.6) is 11.5 Å². The Bertz CT molecular complexity index is 670. The molecule has 0 N–H and O–H groups in total. The van der Waals surface area contributed by atoms with E-state index in [4.69, 9.17) is 9.47 Å². The number of ether oxygens (including phenoxy) is 2. The molecular weight excluding hydrogens is 297 g/mol. The molecule has 0 unspecified atom stereocenters. The summed E-state index contributed by atoms with van der Waals surface area (Å²) in [6, 6.07) is 11.6. The summed E-state index contributed by atoms with van der Waals surface area (Å²) in [5.74, 6) is 0.911. The first-order valence-electron chi connectivity index (χ1n) is 7.29. The minimum atomic E-state index is -0.322. The molecule has 23 heavy (non-hydrogen) atoms. The third-order valence-corrected chi connectivity index (χ3v) is 3.59. The molecule has 2 aromatic rings. The highest BCUT2D eigenvalue weighted by Gasteiger charge is 2.12. The lowest BCUT2D eigenvalue weighted by atomic mass is 10.1. The van der Waals surface area contributed by atoms with Gasteiger partial charge in [0.25, 0.3) is 0 Å². The summed E-state index contributed by atoms with van der Waals surface area (Å²) in [6.07, 6.45) is 0.650. The lowest BCUT2D eigenvalue weighted by Crippen LogP contribution is -2.30. The molecule has 0 fully saturated rings. The van der Waals surface area contributed by atoms with E-state index in [1.807, 2.05) is 18.2 Å². The molecule has 2 aromatic carbocycles. The molecule has 2 rings (SSSR count). The highest BCUT2D eigenvalue weighted by atomic mass is 19.1. The van der Waals surface area contributed by atoms with Crippen LogP contribution in [0.15, 0.2) is 42.5 Å². The molecule has 0 aliphatic heterocycles.